The van der Waals surface area contributed by atoms with E-state index in [1.807, 2.05) is 25.6 Å². The van der Waals surface area contributed by atoms with Crippen molar-refractivity contribution in [3.05, 3.63) is 11.5 Å². The molecular formula is C14H23ClN4O. The molecule has 0 saturated carbocycles. The zero-order valence-corrected chi connectivity index (χ0v) is 13.6. The Kier molecular flexibility index (Phi) is 4.70. The summed E-state index contributed by atoms with van der Waals surface area (Å²) >= 11 is 6.29. The van der Waals surface area contributed by atoms with Crippen molar-refractivity contribution in [2.24, 2.45) is 7.05 Å². The van der Waals surface area contributed by atoms with Gasteiger partial charge in [-0.2, -0.15) is 5.10 Å². The van der Waals surface area contributed by atoms with Crippen molar-refractivity contribution in [3.63, 3.8) is 0 Å². The second kappa shape index (κ2) is 6.14. The molecule has 0 saturated heterocycles. The van der Waals surface area contributed by atoms with Crippen LogP contribution in [0.25, 0.3) is 11.2 Å². The molecule has 0 fully saturated rings. The minimum atomic E-state index is -0.138. The van der Waals surface area contributed by atoms with Crippen molar-refractivity contribution < 1.29 is 4.74 Å². The molecule has 2 unspecified atom stereocenters. The maximum Gasteiger partial charge on any atom is 0.158 e. The molecule has 0 aromatic carbocycles. The summed E-state index contributed by atoms with van der Waals surface area (Å²) < 4.78 is 9.68. The third kappa shape index (κ3) is 2.69. The third-order valence-corrected chi connectivity index (χ3v) is 3.60. The van der Waals surface area contributed by atoms with Gasteiger partial charge in [-0.05, 0) is 27.2 Å². The Morgan fingerprint density at radius 2 is 2.00 bits per heavy atom. The van der Waals surface area contributed by atoms with Gasteiger partial charge in [-0.1, -0.05) is 6.92 Å². The number of hydrogen-bond acceptors (Lipinski definition) is 3. The molecule has 2 heterocycles. The van der Waals surface area contributed by atoms with Gasteiger partial charge in [0.05, 0.1) is 23.7 Å². The lowest BCUT2D eigenvalue weighted by Crippen LogP contribution is -2.19. The number of halogens is 1. The Morgan fingerprint density at radius 1 is 1.30 bits per heavy atom. The number of aryl methyl sites for hydroxylation is 2. The summed E-state index contributed by atoms with van der Waals surface area (Å²) in [6, 6.07) is 0. The number of imidazole rings is 1. The molecule has 2 rings (SSSR count). The molecule has 6 heteroatoms. The van der Waals surface area contributed by atoms with Crippen LogP contribution in [0.1, 0.15) is 44.6 Å². The summed E-state index contributed by atoms with van der Waals surface area (Å²) in [7, 11) is 1.95. The molecule has 112 valence electrons. The third-order valence-electron chi connectivity index (χ3n) is 3.40. The van der Waals surface area contributed by atoms with Gasteiger partial charge in [0.25, 0.3) is 0 Å². The molecule has 0 amide bonds. The van der Waals surface area contributed by atoms with Crippen LogP contribution in [-0.2, 0) is 24.8 Å². The van der Waals surface area contributed by atoms with Gasteiger partial charge < -0.3 is 9.30 Å². The predicted molar refractivity (Wildman–Crippen MR) is 81.2 cm³/mol. The van der Waals surface area contributed by atoms with Crippen molar-refractivity contribution in [1.29, 1.82) is 0 Å². The normalized spacial score (nSPS) is 14.9. The summed E-state index contributed by atoms with van der Waals surface area (Å²) in [5.41, 5.74) is 3.00. The van der Waals surface area contributed by atoms with Crippen molar-refractivity contribution in [3.8, 4) is 0 Å². The fraction of sp³-hybridized carbons (Fsp3) is 0.714. The molecule has 0 aliphatic carbocycles. The first kappa shape index (κ1) is 15.3. The van der Waals surface area contributed by atoms with Gasteiger partial charge in [0.2, 0.25) is 0 Å². The van der Waals surface area contributed by atoms with E-state index < -0.39 is 0 Å². The summed E-state index contributed by atoms with van der Waals surface area (Å²) in [6.07, 6.45) is 0.984. The lowest BCUT2D eigenvalue weighted by Gasteiger charge is -2.16. The fourth-order valence-electron chi connectivity index (χ4n) is 2.57. The molecule has 0 aliphatic rings. The molecule has 0 aliphatic heterocycles. The SMILES string of the molecule is CCOC(C)Cn1c(C(C)Cl)nc2c(CC)nn(C)c21. The van der Waals surface area contributed by atoms with E-state index in [0.717, 1.165) is 35.6 Å². The quantitative estimate of drug-likeness (QED) is 0.770. The van der Waals surface area contributed by atoms with Crippen LogP contribution in [0.4, 0.5) is 0 Å². The topological polar surface area (TPSA) is 44.9 Å². The second-order valence-corrected chi connectivity index (χ2v) is 5.71. The Labute approximate surface area is 124 Å². The van der Waals surface area contributed by atoms with Gasteiger partial charge >= 0.3 is 0 Å². The van der Waals surface area contributed by atoms with Crippen molar-refractivity contribution in [2.75, 3.05) is 6.61 Å². The monoisotopic (exact) mass is 298 g/mol. The number of rotatable bonds is 6. The first-order valence-corrected chi connectivity index (χ1v) is 7.60. The Bertz CT molecular complexity index is 588. The Hall–Kier alpha value is -1.07. The van der Waals surface area contributed by atoms with Crippen LogP contribution in [0.2, 0.25) is 0 Å². The van der Waals surface area contributed by atoms with Crippen LogP contribution in [0.15, 0.2) is 0 Å². The summed E-state index contributed by atoms with van der Waals surface area (Å²) in [4.78, 5) is 4.71. The summed E-state index contributed by atoms with van der Waals surface area (Å²) in [5, 5.41) is 4.39. The van der Waals surface area contributed by atoms with Gasteiger partial charge in [0.1, 0.15) is 11.3 Å². The molecule has 0 spiro atoms. The van der Waals surface area contributed by atoms with E-state index in [1.54, 1.807) is 0 Å². The van der Waals surface area contributed by atoms with Crippen molar-refractivity contribution in [2.45, 2.75) is 52.1 Å². The minimum Gasteiger partial charge on any atom is -0.377 e. The van der Waals surface area contributed by atoms with Crippen molar-refractivity contribution in [1.82, 2.24) is 19.3 Å². The molecule has 2 aromatic heterocycles. The zero-order valence-electron chi connectivity index (χ0n) is 12.9. The summed E-state index contributed by atoms with van der Waals surface area (Å²) in [5.74, 6) is 0.885. The van der Waals surface area contributed by atoms with Crippen LogP contribution < -0.4 is 0 Å². The number of ether oxygens (including phenoxy) is 1. The summed E-state index contributed by atoms with van der Waals surface area (Å²) in [6.45, 7) is 9.55. The van der Waals surface area contributed by atoms with Crippen molar-refractivity contribution >= 4 is 22.8 Å². The van der Waals surface area contributed by atoms with Crippen LogP contribution in [0, 0.1) is 0 Å². The second-order valence-electron chi connectivity index (χ2n) is 5.06. The highest BCUT2D eigenvalue weighted by Crippen LogP contribution is 2.27. The standard InChI is InChI=1S/C14H23ClN4O/c1-6-11-12-14(18(5)17-11)19(8-9(3)20-7-2)13(16-12)10(4)15/h9-10H,6-8H2,1-5H3. The first-order chi connectivity index (χ1) is 9.49. The van der Waals surface area contributed by atoms with E-state index in [2.05, 4.69) is 23.5 Å². The lowest BCUT2D eigenvalue weighted by molar-refractivity contribution is 0.0640. The van der Waals surface area contributed by atoms with Gasteiger partial charge in [-0.15, -0.1) is 11.6 Å². The number of alkyl halides is 1. The number of aromatic nitrogens is 4. The van der Waals surface area contributed by atoms with E-state index in [4.69, 9.17) is 21.3 Å². The lowest BCUT2D eigenvalue weighted by atomic mass is 10.3. The average molecular weight is 299 g/mol. The molecular weight excluding hydrogens is 276 g/mol. The van der Waals surface area contributed by atoms with Crippen LogP contribution in [0.3, 0.4) is 0 Å². The highest BCUT2D eigenvalue weighted by molar-refractivity contribution is 6.20. The Balaban J connectivity index is 2.53. The number of nitrogens with zero attached hydrogens (tertiary/aromatic N) is 4. The van der Waals surface area contributed by atoms with E-state index in [1.165, 1.54) is 0 Å². The highest BCUT2D eigenvalue weighted by Gasteiger charge is 2.22. The van der Waals surface area contributed by atoms with Gasteiger partial charge in [-0.25, -0.2) is 4.98 Å². The van der Waals surface area contributed by atoms with Gasteiger partial charge in [0, 0.05) is 13.7 Å². The van der Waals surface area contributed by atoms with E-state index in [9.17, 15) is 0 Å². The highest BCUT2D eigenvalue weighted by atomic mass is 35.5. The fourth-order valence-corrected chi connectivity index (χ4v) is 2.74. The minimum absolute atomic E-state index is 0.117. The molecule has 20 heavy (non-hydrogen) atoms. The smallest absolute Gasteiger partial charge is 0.158 e. The maximum atomic E-state index is 6.29. The largest absolute Gasteiger partial charge is 0.377 e. The number of hydrogen-bond donors (Lipinski definition) is 0. The average Bonchev–Trinajstić information content (AvgIpc) is 2.89. The van der Waals surface area contributed by atoms with Crippen LogP contribution >= 0.6 is 11.6 Å². The van der Waals surface area contributed by atoms with Crippen LogP contribution in [0.5, 0.6) is 0 Å². The predicted octanol–water partition coefficient (Wildman–Crippen LogP) is 3.06. The van der Waals surface area contributed by atoms with Gasteiger partial charge in [0.15, 0.2) is 5.65 Å². The maximum absolute atomic E-state index is 6.29. The molecule has 0 N–H and O–H groups in total. The number of fused-ring (bicyclic) bond motifs is 1. The first-order valence-electron chi connectivity index (χ1n) is 7.17. The molecule has 5 nitrogen and oxygen atoms in total. The zero-order chi connectivity index (χ0) is 14.9. The molecule has 2 aromatic rings. The van der Waals surface area contributed by atoms with E-state index in [-0.39, 0.29) is 11.5 Å². The Morgan fingerprint density at radius 3 is 2.55 bits per heavy atom. The van der Waals surface area contributed by atoms with E-state index >= 15 is 0 Å². The molecule has 0 radical (unpaired) electrons. The van der Waals surface area contributed by atoms with Crippen LogP contribution in [-0.4, -0.2) is 32.0 Å². The van der Waals surface area contributed by atoms with Gasteiger partial charge in [-0.3, -0.25) is 4.68 Å². The van der Waals surface area contributed by atoms with E-state index in [0.29, 0.717) is 6.61 Å². The molecule has 0 bridgehead atoms. The molecule has 2 atom stereocenters.